The van der Waals surface area contributed by atoms with Gasteiger partial charge >= 0.3 is 5.97 Å². The quantitative estimate of drug-likeness (QED) is 0.787. The highest BCUT2D eigenvalue weighted by molar-refractivity contribution is 7.89. The van der Waals surface area contributed by atoms with Gasteiger partial charge in [0.1, 0.15) is 10.6 Å². The van der Waals surface area contributed by atoms with Crippen molar-refractivity contribution in [3.8, 4) is 0 Å². The number of rotatable bonds is 5. The molecule has 0 aliphatic rings. The number of aromatic carboxylic acids is 1. The first-order chi connectivity index (χ1) is 9.79. The lowest BCUT2D eigenvalue weighted by Gasteiger charge is -2.14. The molecule has 112 valence electrons. The van der Waals surface area contributed by atoms with Crippen molar-refractivity contribution in [2.45, 2.75) is 24.8 Å². The van der Waals surface area contributed by atoms with Crippen LogP contribution in [0.25, 0.3) is 0 Å². The summed E-state index contributed by atoms with van der Waals surface area (Å²) >= 11 is 0. The van der Waals surface area contributed by atoms with Gasteiger partial charge < -0.3 is 10.1 Å². The van der Waals surface area contributed by atoms with Crippen molar-refractivity contribution in [3.05, 3.63) is 53.3 Å². The third-order valence-corrected chi connectivity index (χ3v) is 4.63. The molecule has 3 N–H and O–H groups in total. The molecule has 0 aliphatic carbocycles. The smallest absolute Gasteiger partial charge is 0.352 e. The second kappa shape index (κ2) is 5.71. The fraction of sp³-hybridized carbons (Fsp3) is 0.214. The second-order valence-electron chi connectivity index (χ2n) is 4.81. The van der Waals surface area contributed by atoms with E-state index < -0.39 is 22.0 Å². The summed E-state index contributed by atoms with van der Waals surface area (Å²) in [5.41, 5.74) is 1.75. The van der Waals surface area contributed by atoms with Gasteiger partial charge in [-0.25, -0.2) is 17.9 Å². The monoisotopic (exact) mass is 308 g/mol. The van der Waals surface area contributed by atoms with Gasteiger partial charge in [-0.15, -0.1) is 0 Å². The number of H-pyrrole nitrogens is 1. The van der Waals surface area contributed by atoms with Crippen LogP contribution in [0.15, 0.2) is 41.4 Å². The lowest BCUT2D eigenvalue weighted by atomic mass is 10.1. The highest BCUT2D eigenvalue weighted by atomic mass is 32.2. The Balaban J connectivity index is 2.20. The number of carboxylic acids is 1. The number of carboxylic acid groups (broad SMARTS) is 1. The number of nitrogens with one attached hydrogen (secondary N) is 2. The van der Waals surface area contributed by atoms with E-state index in [-0.39, 0.29) is 10.6 Å². The molecule has 0 amide bonds. The minimum atomic E-state index is -3.78. The van der Waals surface area contributed by atoms with E-state index in [9.17, 15) is 13.2 Å². The molecule has 0 radical (unpaired) electrons. The molecule has 0 saturated carbocycles. The molecular formula is C14H16N2O4S. The Morgan fingerprint density at radius 3 is 2.43 bits per heavy atom. The summed E-state index contributed by atoms with van der Waals surface area (Å²) in [7, 11) is -3.78. The highest BCUT2D eigenvalue weighted by Crippen LogP contribution is 2.18. The molecule has 0 unspecified atom stereocenters. The standard InChI is InChI=1S/C14H16N2O4S/c1-9-3-5-11(6-4-9)10(2)16-21(19,20)12-7-13(14(17)18)15-8-12/h3-8,10,15-16H,1-2H3,(H,17,18)/t10-/m0/s1. The van der Waals surface area contributed by atoms with Gasteiger partial charge in [-0.05, 0) is 25.5 Å². The maximum absolute atomic E-state index is 12.2. The van der Waals surface area contributed by atoms with Crippen LogP contribution in [0, 0.1) is 6.92 Å². The molecule has 0 saturated heterocycles. The maximum Gasteiger partial charge on any atom is 0.352 e. The normalized spacial score (nSPS) is 13.0. The van der Waals surface area contributed by atoms with E-state index in [0.29, 0.717) is 0 Å². The van der Waals surface area contributed by atoms with Crippen LogP contribution in [0.5, 0.6) is 0 Å². The predicted octanol–water partition coefficient (Wildman–Crippen LogP) is 2.06. The number of sulfonamides is 1. The molecule has 2 aromatic rings. The van der Waals surface area contributed by atoms with Crippen LogP contribution in [-0.2, 0) is 10.0 Å². The molecule has 0 bridgehead atoms. The van der Waals surface area contributed by atoms with Gasteiger partial charge in [0.05, 0.1) is 0 Å². The molecule has 1 aromatic carbocycles. The van der Waals surface area contributed by atoms with Crippen LogP contribution >= 0.6 is 0 Å². The van der Waals surface area contributed by atoms with Gasteiger partial charge in [0.2, 0.25) is 10.0 Å². The predicted molar refractivity (Wildman–Crippen MR) is 77.7 cm³/mol. The van der Waals surface area contributed by atoms with Crippen LogP contribution in [0.3, 0.4) is 0 Å². The molecule has 21 heavy (non-hydrogen) atoms. The highest BCUT2D eigenvalue weighted by Gasteiger charge is 2.21. The Kier molecular flexibility index (Phi) is 4.15. The Morgan fingerprint density at radius 1 is 1.29 bits per heavy atom. The molecular weight excluding hydrogens is 292 g/mol. The average Bonchev–Trinajstić information content (AvgIpc) is 2.89. The minimum Gasteiger partial charge on any atom is -0.477 e. The molecule has 6 nitrogen and oxygen atoms in total. The van der Waals surface area contributed by atoms with Crippen LogP contribution in [-0.4, -0.2) is 24.5 Å². The first-order valence-corrected chi connectivity index (χ1v) is 7.78. The van der Waals surface area contributed by atoms with Crippen LogP contribution in [0.2, 0.25) is 0 Å². The lowest BCUT2D eigenvalue weighted by molar-refractivity contribution is 0.0691. The molecule has 2 rings (SSSR count). The van der Waals surface area contributed by atoms with E-state index in [2.05, 4.69) is 9.71 Å². The lowest BCUT2D eigenvalue weighted by Crippen LogP contribution is -2.26. The zero-order valence-electron chi connectivity index (χ0n) is 11.6. The molecule has 1 aromatic heterocycles. The molecule has 0 spiro atoms. The maximum atomic E-state index is 12.2. The van der Waals surface area contributed by atoms with Gasteiger partial charge in [-0.3, -0.25) is 0 Å². The summed E-state index contributed by atoms with van der Waals surface area (Å²) < 4.78 is 26.9. The number of hydrogen-bond donors (Lipinski definition) is 3. The zero-order valence-corrected chi connectivity index (χ0v) is 12.4. The molecule has 0 fully saturated rings. The van der Waals surface area contributed by atoms with E-state index in [4.69, 9.17) is 5.11 Å². The summed E-state index contributed by atoms with van der Waals surface area (Å²) in [6, 6.07) is 8.17. The fourth-order valence-electron chi connectivity index (χ4n) is 1.88. The van der Waals surface area contributed by atoms with E-state index in [1.165, 1.54) is 0 Å². The van der Waals surface area contributed by atoms with Crippen molar-refractivity contribution in [2.75, 3.05) is 0 Å². The number of benzene rings is 1. The van der Waals surface area contributed by atoms with E-state index in [1.54, 1.807) is 6.92 Å². The van der Waals surface area contributed by atoms with Crippen LogP contribution in [0.4, 0.5) is 0 Å². The Bertz CT molecular complexity index is 748. The summed E-state index contributed by atoms with van der Waals surface area (Å²) in [5, 5.41) is 8.80. The van der Waals surface area contributed by atoms with E-state index in [0.717, 1.165) is 23.4 Å². The zero-order chi connectivity index (χ0) is 15.6. The van der Waals surface area contributed by atoms with E-state index in [1.807, 2.05) is 31.2 Å². The fourth-order valence-corrected chi connectivity index (χ4v) is 3.10. The first-order valence-electron chi connectivity index (χ1n) is 6.30. The Hall–Kier alpha value is -2.12. The van der Waals surface area contributed by atoms with Gasteiger partial charge in [-0.1, -0.05) is 29.8 Å². The minimum absolute atomic E-state index is 0.0983. The Morgan fingerprint density at radius 2 is 1.90 bits per heavy atom. The van der Waals surface area contributed by atoms with Crippen molar-refractivity contribution < 1.29 is 18.3 Å². The second-order valence-corrected chi connectivity index (χ2v) is 6.52. The molecule has 1 heterocycles. The van der Waals surface area contributed by atoms with Crippen LogP contribution in [0.1, 0.15) is 34.6 Å². The van der Waals surface area contributed by atoms with Gasteiger partial charge in [0.15, 0.2) is 0 Å². The average molecular weight is 308 g/mol. The molecule has 0 aliphatic heterocycles. The third-order valence-electron chi connectivity index (χ3n) is 3.11. The van der Waals surface area contributed by atoms with Crippen molar-refractivity contribution >= 4 is 16.0 Å². The third kappa shape index (κ3) is 3.50. The van der Waals surface area contributed by atoms with Crippen molar-refractivity contribution in [2.24, 2.45) is 0 Å². The summed E-state index contributed by atoms with van der Waals surface area (Å²) in [4.78, 5) is 13.1. The van der Waals surface area contributed by atoms with Crippen molar-refractivity contribution in [1.82, 2.24) is 9.71 Å². The number of aryl methyl sites for hydroxylation is 1. The number of aromatic nitrogens is 1. The van der Waals surface area contributed by atoms with Crippen molar-refractivity contribution in [1.29, 1.82) is 0 Å². The van der Waals surface area contributed by atoms with Crippen LogP contribution < -0.4 is 4.72 Å². The van der Waals surface area contributed by atoms with Gasteiger partial charge in [0, 0.05) is 12.2 Å². The number of hydrogen-bond acceptors (Lipinski definition) is 3. The summed E-state index contributed by atoms with van der Waals surface area (Å²) in [6.45, 7) is 3.68. The Labute approximate surface area is 122 Å². The number of aromatic amines is 1. The number of carbonyl (C=O) groups is 1. The first kappa shape index (κ1) is 15.3. The summed E-state index contributed by atoms with van der Waals surface area (Å²) in [6.07, 6.45) is 1.16. The van der Waals surface area contributed by atoms with Gasteiger partial charge in [-0.2, -0.15) is 0 Å². The summed E-state index contributed by atoms with van der Waals surface area (Å²) in [5.74, 6) is -1.21. The molecule has 7 heteroatoms. The van der Waals surface area contributed by atoms with Crippen molar-refractivity contribution in [3.63, 3.8) is 0 Å². The molecule has 1 atom stereocenters. The topological polar surface area (TPSA) is 99.3 Å². The SMILES string of the molecule is Cc1ccc([C@H](C)NS(=O)(=O)c2c[nH]c(C(=O)O)c2)cc1. The van der Waals surface area contributed by atoms with E-state index >= 15 is 0 Å². The van der Waals surface area contributed by atoms with Gasteiger partial charge in [0.25, 0.3) is 0 Å². The largest absolute Gasteiger partial charge is 0.477 e.